The maximum atomic E-state index is 12.0. The van der Waals surface area contributed by atoms with Gasteiger partial charge in [-0.25, -0.2) is 0 Å². The minimum absolute atomic E-state index is 0.0200. The first kappa shape index (κ1) is 17.2. The Hall–Kier alpha value is -2.66. The van der Waals surface area contributed by atoms with E-state index in [1.165, 1.54) is 11.1 Å². The molecule has 0 aromatic heterocycles. The lowest BCUT2D eigenvalue weighted by Crippen LogP contribution is -2.26. The van der Waals surface area contributed by atoms with Gasteiger partial charge in [-0.2, -0.15) is 0 Å². The van der Waals surface area contributed by atoms with E-state index in [-0.39, 0.29) is 37.8 Å². The Bertz CT molecular complexity index is 741. The zero-order valence-corrected chi connectivity index (χ0v) is 13.9. The number of ether oxygens (including phenoxy) is 1. The van der Waals surface area contributed by atoms with E-state index in [2.05, 4.69) is 24.3 Å². The summed E-state index contributed by atoms with van der Waals surface area (Å²) in [4.78, 5) is 22.6. The molecule has 2 aromatic rings. The molecule has 0 radical (unpaired) electrons. The number of carboxylic acid groups (broad SMARTS) is 1. The lowest BCUT2D eigenvalue weighted by molar-refractivity contribution is -0.145. The third-order valence-corrected chi connectivity index (χ3v) is 4.53. The largest absolute Gasteiger partial charge is 0.481 e. The number of esters is 1. The Morgan fingerprint density at radius 1 is 1.04 bits per heavy atom. The number of fused-ring (bicyclic) bond motifs is 3. The molecule has 1 atom stereocenters. The third-order valence-electron chi connectivity index (χ3n) is 4.53. The van der Waals surface area contributed by atoms with Gasteiger partial charge in [0.05, 0.1) is 6.42 Å². The van der Waals surface area contributed by atoms with Gasteiger partial charge in [-0.3, -0.25) is 9.59 Å². The van der Waals surface area contributed by atoms with E-state index in [0.717, 1.165) is 11.1 Å². The molecular formula is C20H21NO4. The first-order valence-electron chi connectivity index (χ1n) is 8.37. The molecule has 2 aromatic carbocycles. The summed E-state index contributed by atoms with van der Waals surface area (Å²) in [6.07, 6.45) is 0.251. The van der Waals surface area contributed by atoms with E-state index < -0.39 is 12.0 Å². The summed E-state index contributed by atoms with van der Waals surface area (Å²) in [6, 6.07) is 15.8. The topological polar surface area (TPSA) is 89.6 Å². The quantitative estimate of drug-likeness (QED) is 0.757. The highest BCUT2D eigenvalue weighted by Crippen LogP contribution is 2.44. The van der Waals surface area contributed by atoms with Gasteiger partial charge in [0.25, 0.3) is 0 Å². The molecule has 0 saturated heterocycles. The van der Waals surface area contributed by atoms with Crippen molar-refractivity contribution in [3.8, 4) is 11.1 Å². The fraction of sp³-hybridized carbons (Fsp3) is 0.300. The van der Waals surface area contributed by atoms with Crippen molar-refractivity contribution in [2.24, 2.45) is 5.73 Å². The number of aliphatic carboxylic acids is 1. The Morgan fingerprint density at radius 3 is 2.16 bits per heavy atom. The lowest BCUT2D eigenvalue weighted by Gasteiger charge is -2.15. The van der Waals surface area contributed by atoms with Gasteiger partial charge in [-0.15, -0.1) is 0 Å². The van der Waals surface area contributed by atoms with Gasteiger partial charge in [-0.1, -0.05) is 48.5 Å². The fourth-order valence-corrected chi connectivity index (χ4v) is 3.30. The average molecular weight is 339 g/mol. The molecule has 5 heteroatoms. The Labute approximate surface area is 146 Å². The number of benzene rings is 2. The van der Waals surface area contributed by atoms with E-state index in [0.29, 0.717) is 0 Å². The van der Waals surface area contributed by atoms with Crippen LogP contribution in [0.15, 0.2) is 48.5 Å². The number of hydrogen-bond donors (Lipinski definition) is 2. The first-order valence-corrected chi connectivity index (χ1v) is 8.37. The molecule has 0 bridgehead atoms. The highest BCUT2D eigenvalue weighted by molar-refractivity contribution is 5.79. The van der Waals surface area contributed by atoms with E-state index in [1.54, 1.807) is 0 Å². The van der Waals surface area contributed by atoms with Gasteiger partial charge in [0, 0.05) is 18.4 Å². The molecule has 3 N–H and O–H groups in total. The van der Waals surface area contributed by atoms with Crippen LogP contribution in [0.3, 0.4) is 0 Å². The molecule has 3 rings (SSSR count). The standard InChI is InChI=1S/C20H21NO4/c21-13(9-10-19(22)23)11-20(24)25-12-18-16-7-3-1-5-14(16)15-6-2-4-8-17(15)18/h1-8,13,18H,9-12,21H2,(H,22,23). The molecule has 25 heavy (non-hydrogen) atoms. The molecule has 1 aliphatic rings. The van der Waals surface area contributed by atoms with Crippen molar-refractivity contribution < 1.29 is 19.4 Å². The van der Waals surface area contributed by atoms with Gasteiger partial charge in [0.15, 0.2) is 0 Å². The monoisotopic (exact) mass is 339 g/mol. The number of rotatable bonds is 7. The molecule has 1 unspecified atom stereocenters. The molecule has 0 heterocycles. The number of carbonyl (C=O) groups excluding carboxylic acids is 1. The number of carboxylic acids is 1. The highest BCUT2D eigenvalue weighted by atomic mass is 16.5. The van der Waals surface area contributed by atoms with E-state index in [9.17, 15) is 9.59 Å². The summed E-state index contributed by atoms with van der Waals surface area (Å²) in [7, 11) is 0. The summed E-state index contributed by atoms with van der Waals surface area (Å²) in [5.74, 6) is -1.28. The molecular weight excluding hydrogens is 318 g/mol. The zero-order valence-electron chi connectivity index (χ0n) is 13.9. The summed E-state index contributed by atoms with van der Waals surface area (Å²) in [6.45, 7) is 0.262. The SMILES string of the molecule is NC(CCC(=O)O)CC(=O)OCC1c2ccccc2-c2ccccc21. The van der Waals surface area contributed by atoms with Crippen LogP contribution in [0.25, 0.3) is 11.1 Å². The van der Waals surface area contributed by atoms with Crippen molar-refractivity contribution in [1.82, 2.24) is 0 Å². The smallest absolute Gasteiger partial charge is 0.307 e. The van der Waals surface area contributed by atoms with Crippen molar-refractivity contribution in [3.05, 3.63) is 59.7 Å². The van der Waals surface area contributed by atoms with Crippen molar-refractivity contribution >= 4 is 11.9 Å². The summed E-state index contributed by atoms with van der Waals surface area (Å²) in [5, 5.41) is 8.66. The third kappa shape index (κ3) is 3.88. The predicted octanol–water partition coefficient (Wildman–Crippen LogP) is 2.92. The normalized spacial score (nSPS) is 13.8. The Kier molecular flexibility index (Phi) is 5.14. The predicted molar refractivity (Wildman–Crippen MR) is 94.1 cm³/mol. The molecule has 130 valence electrons. The molecule has 0 aliphatic heterocycles. The van der Waals surface area contributed by atoms with Crippen LogP contribution >= 0.6 is 0 Å². The van der Waals surface area contributed by atoms with Crippen LogP contribution in [-0.2, 0) is 14.3 Å². The molecule has 0 fully saturated rings. The second-order valence-electron chi connectivity index (χ2n) is 6.31. The zero-order chi connectivity index (χ0) is 17.8. The number of nitrogens with two attached hydrogens (primary N) is 1. The van der Waals surface area contributed by atoms with Crippen LogP contribution in [0.5, 0.6) is 0 Å². The molecule has 0 amide bonds. The number of carbonyl (C=O) groups is 2. The first-order chi connectivity index (χ1) is 12.1. The number of hydrogen-bond acceptors (Lipinski definition) is 4. The second kappa shape index (κ2) is 7.49. The minimum Gasteiger partial charge on any atom is -0.481 e. The lowest BCUT2D eigenvalue weighted by atomic mass is 9.98. The van der Waals surface area contributed by atoms with Crippen LogP contribution in [0, 0.1) is 0 Å². The Balaban J connectivity index is 1.63. The van der Waals surface area contributed by atoms with Crippen LogP contribution in [-0.4, -0.2) is 29.7 Å². The van der Waals surface area contributed by atoms with Gasteiger partial charge >= 0.3 is 11.9 Å². The fourth-order valence-electron chi connectivity index (χ4n) is 3.30. The molecule has 1 aliphatic carbocycles. The van der Waals surface area contributed by atoms with Crippen LogP contribution in [0.1, 0.15) is 36.3 Å². The van der Waals surface area contributed by atoms with Gasteiger partial charge in [0.1, 0.15) is 6.61 Å². The maximum absolute atomic E-state index is 12.0. The molecule has 5 nitrogen and oxygen atoms in total. The molecule has 0 spiro atoms. The summed E-state index contributed by atoms with van der Waals surface area (Å²) in [5.41, 5.74) is 10.5. The minimum atomic E-state index is -0.914. The van der Waals surface area contributed by atoms with Crippen LogP contribution in [0.2, 0.25) is 0 Å². The average Bonchev–Trinajstić information content (AvgIpc) is 2.92. The van der Waals surface area contributed by atoms with Gasteiger partial charge in [0.2, 0.25) is 0 Å². The van der Waals surface area contributed by atoms with Crippen molar-refractivity contribution in [3.63, 3.8) is 0 Å². The van der Waals surface area contributed by atoms with Gasteiger partial charge < -0.3 is 15.6 Å². The Morgan fingerprint density at radius 2 is 1.60 bits per heavy atom. The van der Waals surface area contributed by atoms with E-state index in [1.807, 2.05) is 24.3 Å². The van der Waals surface area contributed by atoms with Crippen LogP contribution < -0.4 is 5.73 Å². The van der Waals surface area contributed by atoms with Gasteiger partial charge in [-0.05, 0) is 28.7 Å². The van der Waals surface area contributed by atoms with Crippen molar-refractivity contribution in [2.75, 3.05) is 6.61 Å². The maximum Gasteiger partial charge on any atom is 0.307 e. The van der Waals surface area contributed by atoms with E-state index >= 15 is 0 Å². The second-order valence-corrected chi connectivity index (χ2v) is 6.31. The highest BCUT2D eigenvalue weighted by Gasteiger charge is 2.29. The van der Waals surface area contributed by atoms with Crippen LogP contribution in [0.4, 0.5) is 0 Å². The summed E-state index contributed by atoms with van der Waals surface area (Å²) < 4.78 is 5.45. The van der Waals surface area contributed by atoms with E-state index in [4.69, 9.17) is 15.6 Å². The van der Waals surface area contributed by atoms with Crippen molar-refractivity contribution in [1.29, 1.82) is 0 Å². The molecule has 0 saturated carbocycles. The summed E-state index contributed by atoms with van der Waals surface area (Å²) >= 11 is 0. The van der Waals surface area contributed by atoms with Crippen molar-refractivity contribution in [2.45, 2.75) is 31.2 Å².